The van der Waals surface area contributed by atoms with Gasteiger partial charge in [-0.1, -0.05) is 37.6 Å². The van der Waals surface area contributed by atoms with Crippen molar-refractivity contribution in [2.24, 2.45) is 11.8 Å². The van der Waals surface area contributed by atoms with Gasteiger partial charge in [0, 0.05) is 12.6 Å². The zero-order valence-corrected chi connectivity index (χ0v) is 18.4. The third-order valence-electron chi connectivity index (χ3n) is 7.07. The third kappa shape index (κ3) is 3.31. The Morgan fingerprint density at radius 3 is 2.68 bits per heavy atom. The molecule has 1 N–H and O–H groups in total. The van der Waals surface area contributed by atoms with Gasteiger partial charge in [0.1, 0.15) is 17.6 Å². The number of cyclic esters (lactones) is 1. The molecule has 170 valence electrons. The highest BCUT2D eigenvalue weighted by atomic mass is 16.6. The number of hydrogen-bond acceptors (Lipinski definition) is 6. The molecular formula is C23H32N2O6. The van der Waals surface area contributed by atoms with Crippen LogP contribution in [0, 0.1) is 11.8 Å². The number of esters is 1. The number of fused-ring (bicyclic) bond motifs is 2. The highest BCUT2D eigenvalue weighted by Gasteiger charge is 2.72. The first-order valence-electron chi connectivity index (χ1n) is 11.3. The number of carbonyl (C=O) groups is 3. The summed E-state index contributed by atoms with van der Waals surface area (Å²) >= 11 is 0. The topological polar surface area (TPSA) is 96.4 Å². The van der Waals surface area contributed by atoms with E-state index >= 15 is 0 Å². The smallest absolute Gasteiger partial charge is 0.312 e. The van der Waals surface area contributed by atoms with Crippen molar-refractivity contribution >= 4 is 17.8 Å². The van der Waals surface area contributed by atoms with Crippen molar-refractivity contribution in [3.8, 4) is 0 Å². The Hall–Kier alpha value is -2.19. The van der Waals surface area contributed by atoms with Crippen LogP contribution in [0.4, 0.5) is 0 Å². The number of aliphatic hydroxyl groups excluding tert-OH is 1. The normalized spacial score (nSPS) is 36.8. The fourth-order valence-electron chi connectivity index (χ4n) is 5.60. The van der Waals surface area contributed by atoms with E-state index in [1.165, 1.54) is 4.90 Å². The number of nitrogens with zero attached hydrogens (tertiary/aromatic N) is 2. The lowest BCUT2D eigenvalue weighted by atomic mass is 9.77. The molecule has 0 saturated carbocycles. The fourth-order valence-corrected chi connectivity index (χ4v) is 5.60. The largest absolute Gasteiger partial charge is 0.465 e. The van der Waals surface area contributed by atoms with Crippen LogP contribution >= 0.6 is 0 Å². The summed E-state index contributed by atoms with van der Waals surface area (Å²) in [5.41, 5.74) is -1.26. The van der Waals surface area contributed by atoms with Gasteiger partial charge in [-0.25, -0.2) is 0 Å². The summed E-state index contributed by atoms with van der Waals surface area (Å²) in [6, 6.07) is -1.52. The average Bonchev–Trinajstić information content (AvgIpc) is 3.12. The number of hydrogen-bond donors (Lipinski definition) is 1. The molecule has 4 heterocycles. The summed E-state index contributed by atoms with van der Waals surface area (Å²) in [5, 5.41) is 9.87. The van der Waals surface area contributed by atoms with E-state index in [1.807, 2.05) is 31.2 Å². The molecule has 4 aliphatic heterocycles. The molecule has 0 aromatic heterocycles. The maximum absolute atomic E-state index is 13.9. The second kappa shape index (κ2) is 8.39. The molecule has 8 heteroatoms. The Morgan fingerprint density at radius 1 is 1.19 bits per heavy atom. The lowest BCUT2D eigenvalue weighted by molar-refractivity contribution is -0.156. The van der Waals surface area contributed by atoms with Gasteiger partial charge in [-0.3, -0.25) is 14.4 Å². The Morgan fingerprint density at radius 2 is 1.97 bits per heavy atom. The maximum Gasteiger partial charge on any atom is 0.312 e. The van der Waals surface area contributed by atoms with Crippen LogP contribution in [0.5, 0.6) is 0 Å². The van der Waals surface area contributed by atoms with Gasteiger partial charge in [0.15, 0.2) is 0 Å². The first-order valence-corrected chi connectivity index (χ1v) is 11.3. The highest BCUT2D eigenvalue weighted by Crippen LogP contribution is 2.53. The number of ether oxygens (including phenoxy) is 2. The first kappa shape index (κ1) is 22.0. The lowest BCUT2D eigenvalue weighted by Crippen LogP contribution is -2.58. The van der Waals surface area contributed by atoms with Crippen LogP contribution in [0.2, 0.25) is 0 Å². The van der Waals surface area contributed by atoms with Crippen molar-refractivity contribution in [1.82, 2.24) is 9.80 Å². The van der Waals surface area contributed by atoms with E-state index in [1.54, 1.807) is 11.8 Å². The quantitative estimate of drug-likeness (QED) is 0.515. The molecule has 0 aromatic rings. The lowest BCUT2D eigenvalue weighted by Gasteiger charge is -2.39. The number of rotatable bonds is 5. The van der Waals surface area contributed by atoms with Gasteiger partial charge in [0.25, 0.3) is 0 Å². The molecule has 0 aromatic carbocycles. The molecular weight excluding hydrogens is 400 g/mol. The molecule has 0 radical (unpaired) electrons. The summed E-state index contributed by atoms with van der Waals surface area (Å²) in [5.74, 6) is -2.70. The molecule has 2 amide bonds. The van der Waals surface area contributed by atoms with Crippen molar-refractivity contribution in [3.63, 3.8) is 0 Å². The van der Waals surface area contributed by atoms with Crippen LogP contribution in [0.15, 0.2) is 24.3 Å². The first-order chi connectivity index (χ1) is 14.9. The second-order valence-electron chi connectivity index (χ2n) is 9.03. The van der Waals surface area contributed by atoms with E-state index in [-0.39, 0.29) is 31.1 Å². The summed E-state index contributed by atoms with van der Waals surface area (Å²) in [6.07, 6.45) is 9.13. The van der Waals surface area contributed by atoms with Crippen molar-refractivity contribution < 1.29 is 29.0 Å². The third-order valence-corrected chi connectivity index (χ3v) is 7.07. The minimum absolute atomic E-state index is 0.00215. The van der Waals surface area contributed by atoms with E-state index < -0.39 is 41.6 Å². The summed E-state index contributed by atoms with van der Waals surface area (Å²) in [4.78, 5) is 43.7. The van der Waals surface area contributed by atoms with Gasteiger partial charge in [0.2, 0.25) is 11.8 Å². The van der Waals surface area contributed by atoms with Crippen molar-refractivity contribution in [1.29, 1.82) is 0 Å². The van der Waals surface area contributed by atoms with Gasteiger partial charge in [0.05, 0.1) is 31.3 Å². The SMILES string of the molecule is CCCC(C)N1CC=C[C@]23O[C@H]4C=CCCOC(=O)[C@H]4[C@H]2C(=O)N([C@H](C)CO)C3C1=O. The van der Waals surface area contributed by atoms with E-state index in [9.17, 15) is 19.5 Å². The van der Waals surface area contributed by atoms with Crippen LogP contribution in [0.3, 0.4) is 0 Å². The van der Waals surface area contributed by atoms with Crippen molar-refractivity contribution in [3.05, 3.63) is 24.3 Å². The highest BCUT2D eigenvalue weighted by molar-refractivity contribution is 5.99. The number of aliphatic hydroxyl groups is 1. The van der Waals surface area contributed by atoms with Gasteiger partial charge in [-0.2, -0.15) is 0 Å². The maximum atomic E-state index is 13.9. The number of carbonyl (C=O) groups excluding carboxylic acids is 3. The van der Waals surface area contributed by atoms with Crippen molar-refractivity contribution in [2.45, 2.75) is 69.9 Å². The van der Waals surface area contributed by atoms with Gasteiger partial charge < -0.3 is 24.4 Å². The molecule has 1 spiro atoms. The van der Waals surface area contributed by atoms with Gasteiger partial charge in [-0.05, 0) is 26.7 Å². The Bertz CT molecular complexity index is 810. The zero-order chi connectivity index (χ0) is 22.3. The van der Waals surface area contributed by atoms with Crippen LogP contribution < -0.4 is 0 Å². The van der Waals surface area contributed by atoms with Crippen LogP contribution in [-0.2, 0) is 23.9 Å². The second-order valence-corrected chi connectivity index (χ2v) is 9.03. The molecule has 2 saturated heterocycles. The van der Waals surface area contributed by atoms with Crippen LogP contribution in [0.1, 0.15) is 40.0 Å². The molecule has 2 unspecified atom stereocenters. The Kier molecular flexibility index (Phi) is 5.96. The van der Waals surface area contributed by atoms with Gasteiger partial charge in [-0.15, -0.1) is 0 Å². The van der Waals surface area contributed by atoms with Crippen molar-refractivity contribution in [2.75, 3.05) is 19.8 Å². The standard InChI is InChI=1S/C23H32N2O6/c1-4-8-14(2)24-11-7-10-23-18(17-16(31-23)9-5-6-12-30-22(17)29)20(27)25(15(3)13-26)19(23)21(24)28/h5,7,9-10,14-19,26H,4,6,8,11-13H2,1-3H3/t14?,15-,16+,17-,18+,19?,23+/m1/s1. The van der Waals surface area contributed by atoms with E-state index in [0.717, 1.165) is 12.8 Å². The molecule has 4 rings (SSSR count). The predicted molar refractivity (Wildman–Crippen MR) is 112 cm³/mol. The van der Waals surface area contributed by atoms with E-state index in [0.29, 0.717) is 13.0 Å². The Labute approximate surface area is 182 Å². The average molecular weight is 433 g/mol. The minimum atomic E-state index is -1.26. The van der Waals surface area contributed by atoms with E-state index in [2.05, 4.69) is 6.92 Å². The molecule has 0 bridgehead atoms. The Balaban J connectivity index is 1.83. The fraction of sp³-hybridized carbons (Fsp3) is 0.696. The predicted octanol–water partition coefficient (Wildman–Crippen LogP) is 1.04. The molecule has 7 atom stereocenters. The summed E-state index contributed by atoms with van der Waals surface area (Å²) < 4.78 is 11.8. The minimum Gasteiger partial charge on any atom is -0.465 e. The van der Waals surface area contributed by atoms with Gasteiger partial charge >= 0.3 is 5.97 Å². The molecule has 0 aliphatic carbocycles. The molecule has 4 aliphatic rings. The zero-order valence-electron chi connectivity index (χ0n) is 18.4. The summed E-state index contributed by atoms with van der Waals surface area (Å²) in [6.45, 7) is 6.17. The van der Waals surface area contributed by atoms with Crippen LogP contribution in [-0.4, -0.2) is 82.3 Å². The summed E-state index contributed by atoms with van der Waals surface area (Å²) in [7, 11) is 0. The molecule has 2 fully saturated rings. The van der Waals surface area contributed by atoms with Crippen LogP contribution in [0.25, 0.3) is 0 Å². The van der Waals surface area contributed by atoms with E-state index in [4.69, 9.17) is 9.47 Å². The number of amides is 2. The molecule has 31 heavy (non-hydrogen) atoms. The number of likely N-dealkylation sites (tertiary alicyclic amines) is 1. The molecule has 8 nitrogen and oxygen atoms in total. The monoisotopic (exact) mass is 432 g/mol.